The molecule has 1 unspecified atom stereocenters. The average Bonchev–Trinajstić information content (AvgIpc) is 2.17. The maximum Gasteiger partial charge on any atom is 0.0409 e. The van der Waals surface area contributed by atoms with Gasteiger partial charge in [-0.25, -0.2) is 0 Å². The minimum absolute atomic E-state index is 0.359. The van der Waals surface area contributed by atoms with Crippen molar-refractivity contribution in [2.75, 3.05) is 20.1 Å². The summed E-state index contributed by atoms with van der Waals surface area (Å²) in [6.45, 7) is 3.73. The predicted molar refractivity (Wildman–Crippen MR) is 61.6 cm³/mol. The van der Waals surface area contributed by atoms with Crippen molar-refractivity contribution in [3.05, 3.63) is 34.9 Å². The van der Waals surface area contributed by atoms with Crippen molar-refractivity contribution in [3.8, 4) is 0 Å². The van der Waals surface area contributed by atoms with Crippen LogP contribution in [0.3, 0.4) is 0 Å². The summed E-state index contributed by atoms with van der Waals surface area (Å²) in [6.07, 6.45) is 0. The van der Waals surface area contributed by atoms with Crippen LogP contribution < -0.4 is 5.73 Å². The predicted octanol–water partition coefficient (Wildman–Crippen LogP) is 2.29. The van der Waals surface area contributed by atoms with Crippen LogP contribution in [-0.2, 0) is 0 Å². The van der Waals surface area contributed by atoms with Crippen LogP contribution in [0.25, 0.3) is 0 Å². The Morgan fingerprint density at radius 1 is 1.50 bits per heavy atom. The molecule has 1 aromatic carbocycles. The summed E-state index contributed by atoms with van der Waals surface area (Å²) < 4.78 is 0. The Balaban J connectivity index is 2.73. The van der Waals surface area contributed by atoms with E-state index in [1.54, 1.807) is 0 Å². The fourth-order valence-corrected chi connectivity index (χ4v) is 1.62. The molecule has 3 heteroatoms. The van der Waals surface area contributed by atoms with Crippen LogP contribution in [-0.4, -0.2) is 25.0 Å². The van der Waals surface area contributed by atoms with E-state index in [1.165, 1.54) is 5.56 Å². The minimum Gasteiger partial charge on any atom is -0.329 e. The van der Waals surface area contributed by atoms with E-state index in [9.17, 15) is 0 Å². The van der Waals surface area contributed by atoms with E-state index < -0.39 is 0 Å². The van der Waals surface area contributed by atoms with Gasteiger partial charge in [0.2, 0.25) is 0 Å². The van der Waals surface area contributed by atoms with Crippen LogP contribution in [0.2, 0.25) is 5.02 Å². The van der Waals surface area contributed by atoms with Crippen molar-refractivity contribution in [1.29, 1.82) is 0 Å². The molecule has 0 amide bonds. The second-order valence-corrected chi connectivity index (χ2v) is 3.94. The maximum absolute atomic E-state index is 5.93. The SMILES string of the molecule is CC(c1cccc(Cl)c1)N(C)CCN. The first-order valence-electron chi connectivity index (χ1n) is 4.81. The molecule has 0 aliphatic heterocycles. The maximum atomic E-state index is 5.93. The zero-order valence-corrected chi connectivity index (χ0v) is 9.46. The monoisotopic (exact) mass is 212 g/mol. The molecule has 78 valence electrons. The summed E-state index contributed by atoms with van der Waals surface area (Å²) in [4.78, 5) is 2.21. The van der Waals surface area contributed by atoms with Gasteiger partial charge in [0.25, 0.3) is 0 Å². The van der Waals surface area contributed by atoms with Gasteiger partial charge in [-0.2, -0.15) is 0 Å². The Labute approximate surface area is 90.7 Å². The fourth-order valence-electron chi connectivity index (χ4n) is 1.42. The van der Waals surface area contributed by atoms with Crippen LogP contribution in [0.15, 0.2) is 24.3 Å². The lowest BCUT2D eigenvalue weighted by Gasteiger charge is -2.24. The van der Waals surface area contributed by atoms with E-state index in [4.69, 9.17) is 17.3 Å². The normalized spacial score (nSPS) is 13.2. The van der Waals surface area contributed by atoms with Gasteiger partial charge in [-0.15, -0.1) is 0 Å². The molecule has 0 fully saturated rings. The lowest BCUT2D eigenvalue weighted by molar-refractivity contribution is 0.269. The second kappa shape index (κ2) is 5.35. The highest BCUT2D eigenvalue weighted by atomic mass is 35.5. The van der Waals surface area contributed by atoms with Crippen LogP contribution >= 0.6 is 11.6 Å². The van der Waals surface area contributed by atoms with Crippen LogP contribution in [0, 0.1) is 0 Å². The zero-order chi connectivity index (χ0) is 10.6. The van der Waals surface area contributed by atoms with E-state index in [0.29, 0.717) is 12.6 Å². The third-order valence-corrected chi connectivity index (χ3v) is 2.71. The van der Waals surface area contributed by atoms with E-state index >= 15 is 0 Å². The van der Waals surface area contributed by atoms with Crippen molar-refractivity contribution in [2.24, 2.45) is 5.73 Å². The molecule has 0 bridgehead atoms. The van der Waals surface area contributed by atoms with Crippen LogP contribution in [0.1, 0.15) is 18.5 Å². The van der Waals surface area contributed by atoms with Crippen LogP contribution in [0.4, 0.5) is 0 Å². The zero-order valence-electron chi connectivity index (χ0n) is 8.70. The summed E-state index contributed by atoms with van der Waals surface area (Å²) in [6, 6.07) is 8.31. The quantitative estimate of drug-likeness (QED) is 0.830. The molecule has 0 radical (unpaired) electrons. The standard InChI is InChI=1S/C11H17ClN2/c1-9(14(2)7-6-13)10-4-3-5-11(12)8-10/h3-5,8-9H,6-7,13H2,1-2H3. The van der Waals surface area contributed by atoms with Gasteiger partial charge in [-0.1, -0.05) is 23.7 Å². The molecule has 1 atom stereocenters. The largest absolute Gasteiger partial charge is 0.329 e. The summed E-state index contributed by atoms with van der Waals surface area (Å²) in [5.74, 6) is 0. The molecular weight excluding hydrogens is 196 g/mol. The number of rotatable bonds is 4. The first-order valence-corrected chi connectivity index (χ1v) is 5.18. The molecule has 0 spiro atoms. The molecule has 2 nitrogen and oxygen atoms in total. The number of halogens is 1. The topological polar surface area (TPSA) is 29.3 Å². The van der Waals surface area contributed by atoms with Crippen molar-refractivity contribution in [1.82, 2.24) is 4.90 Å². The van der Waals surface area contributed by atoms with Gasteiger partial charge in [0, 0.05) is 24.2 Å². The number of hydrogen-bond acceptors (Lipinski definition) is 2. The summed E-state index contributed by atoms with van der Waals surface area (Å²) in [5, 5.41) is 0.787. The highest BCUT2D eigenvalue weighted by molar-refractivity contribution is 6.30. The third kappa shape index (κ3) is 2.98. The van der Waals surface area contributed by atoms with Crippen molar-refractivity contribution in [2.45, 2.75) is 13.0 Å². The number of likely N-dealkylation sites (N-methyl/N-ethyl adjacent to an activating group) is 1. The van der Waals surface area contributed by atoms with Gasteiger partial charge < -0.3 is 5.73 Å². The summed E-state index contributed by atoms with van der Waals surface area (Å²) >= 11 is 5.93. The Morgan fingerprint density at radius 2 is 2.21 bits per heavy atom. The summed E-state index contributed by atoms with van der Waals surface area (Å²) in [5.41, 5.74) is 6.74. The fraction of sp³-hybridized carbons (Fsp3) is 0.455. The van der Waals surface area contributed by atoms with Gasteiger partial charge in [0.15, 0.2) is 0 Å². The first kappa shape index (κ1) is 11.5. The van der Waals surface area contributed by atoms with E-state index in [0.717, 1.165) is 11.6 Å². The molecule has 0 aliphatic carbocycles. The highest BCUT2D eigenvalue weighted by Gasteiger charge is 2.10. The molecule has 0 saturated carbocycles. The molecule has 1 rings (SSSR count). The lowest BCUT2D eigenvalue weighted by Crippen LogP contribution is -2.28. The van der Waals surface area contributed by atoms with E-state index in [2.05, 4.69) is 24.9 Å². The van der Waals surface area contributed by atoms with Gasteiger partial charge >= 0.3 is 0 Å². The molecule has 0 heterocycles. The van der Waals surface area contributed by atoms with Gasteiger partial charge in [-0.05, 0) is 31.7 Å². The second-order valence-electron chi connectivity index (χ2n) is 3.50. The molecule has 1 aromatic rings. The molecule has 2 N–H and O–H groups in total. The Morgan fingerprint density at radius 3 is 2.79 bits per heavy atom. The van der Waals surface area contributed by atoms with E-state index in [-0.39, 0.29) is 0 Å². The van der Waals surface area contributed by atoms with Gasteiger partial charge in [0.1, 0.15) is 0 Å². The Kier molecular flexibility index (Phi) is 4.39. The number of benzene rings is 1. The molecule has 0 aromatic heterocycles. The smallest absolute Gasteiger partial charge is 0.0409 e. The number of nitrogens with two attached hydrogens (primary N) is 1. The minimum atomic E-state index is 0.359. The average molecular weight is 213 g/mol. The molecular formula is C11H17ClN2. The van der Waals surface area contributed by atoms with Crippen molar-refractivity contribution >= 4 is 11.6 Å². The van der Waals surface area contributed by atoms with Gasteiger partial charge in [-0.3, -0.25) is 4.90 Å². The lowest BCUT2D eigenvalue weighted by atomic mass is 10.1. The van der Waals surface area contributed by atoms with Crippen molar-refractivity contribution in [3.63, 3.8) is 0 Å². The number of hydrogen-bond donors (Lipinski definition) is 1. The highest BCUT2D eigenvalue weighted by Crippen LogP contribution is 2.21. The van der Waals surface area contributed by atoms with Crippen LogP contribution in [0.5, 0.6) is 0 Å². The van der Waals surface area contributed by atoms with Crippen molar-refractivity contribution < 1.29 is 0 Å². The Bertz CT molecular complexity index is 288. The Hall–Kier alpha value is -0.570. The third-order valence-electron chi connectivity index (χ3n) is 2.47. The number of nitrogens with zero attached hydrogens (tertiary/aromatic N) is 1. The van der Waals surface area contributed by atoms with E-state index in [1.807, 2.05) is 18.2 Å². The molecule has 0 aliphatic rings. The summed E-state index contributed by atoms with van der Waals surface area (Å²) in [7, 11) is 2.07. The van der Waals surface area contributed by atoms with Gasteiger partial charge in [0.05, 0.1) is 0 Å². The molecule has 14 heavy (non-hydrogen) atoms. The molecule has 0 saturated heterocycles. The first-order chi connectivity index (χ1) is 6.65.